The molecule has 1 aromatic rings. The zero-order valence-electron chi connectivity index (χ0n) is 10.6. The number of carboxylic acid groups (broad SMARTS) is 1. The fourth-order valence-corrected chi connectivity index (χ4v) is 2.55. The molecule has 1 saturated carbocycles. The maximum Gasteiger partial charge on any atom is 0.339 e. The van der Waals surface area contributed by atoms with Crippen molar-refractivity contribution in [1.82, 2.24) is 4.98 Å². The maximum absolute atomic E-state index is 11.2. The first-order valence-corrected chi connectivity index (χ1v) is 6.33. The standard InChI is InChI=1S/C13H17N3O3/c14-11(17)8-16(9-4-1-2-5-9)12-10(13(18)19)6-3-7-15-12/h3,6-7,9H,1-2,4-5,8H2,(H2,14,17)(H,18,19). The molecule has 0 spiro atoms. The number of aromatic carboxylic acids is 1. The number of primary amides is 1. The fourth-order valence-electron chi connectivity index (χ4n) is 2.55. The Morgan fingerprint density at radius 2 is 2.11 bits per heavy atom. The minimum absolute atomic E-state index is 0.00194. The highest BCUT2D eigenvalue weighted by molar-refractivity contribution is 5.94. The highest BCUT2D eigenvalue weighted by Gasteiger charge is 2.27. The zero-order chi connectivity index (χ0) is 13.8. The monoisotopic (exact) mass is 263 g/mol. The SMILES string of the molecule is NC(=O)CN(c1ncccc1C(=O)O)C1CCCC1. The Labute approximate surface area is 111 Å². The summed E-state index contributed by atoms with van der Waals surface area (Å²) in [6.45, 7) is 0.00194. The maximum atomic E-state index is 11.2. The van der Waals surface area contributed by atoms with Crippen LogP contribution in [0.2, 0.25) is 0 Å². The Morgan fingerprint density at radius 3 is 2.68 bits per heavy atom. The van der Waals surface area contributed by atoms with Gasteiger partial charge in [-0.25, -0.2) is 9.78 Å². The summed E-state index contributed by atoms with van der Waals surface area (Å²) in [7, 11) is 0. The lowest BCUT2D eigenvalue weighted by molar-refractivity contribution is -0.116. The van der Waals surface area contributed by atoms with E-state index in [1.54, 1.807) is 11.0 Å². The van der Waals surface area contributed by atoms with Gasteiger partial charge in [-0.2, -0.15) is 0 Å². The number of nitrogens with zero attached hydrogens (tertiary/aromatic N) is 2. The van der Waals surface area contributed by atoms with E-state index in [-0.39, 0.29) is 18.2 Å². The molecule has 6 heteroatoms. The summed E-state index contributed by atoms with van der Waals surface area (Å²) >= 11 is 0. The van der Waals surface area contributed by atoms with Gasteiger partial charge in [0, 0.05) is 12.2 Å². The van der Waals surface area contributed by atoms with Crippen LogP contribution in [0.5, 0.6) is 0 Å². The summed E-state index contributed by atoms with van der Waals surface area (Å²) in [5, 5.41) is 9.21. The third-order valence-corrected chi connectivity index (χ3v) is 3.38. The lowest BCUT2D eigenvalue weighted by atomic mass is 10.1. The minimum atomic E-state index is -1.05. The van der Waals surface area contributed by atoms with Crippen molar-refractivity contribution < 1.29 is 14.7 Å². The van der Waals surface area contributed by atoms with Crippen LogP contribution in [0.1, 0.15) is 36.0 Å². The van der Waals surface area contributed by atoms with Crippen LogP contribution in [-0.4, -0.2) is 34.6 Å². The number of hydrogen-bond donors (Lipinski definition) is 2. The van der Waals surface area contributed by atoms with E-state index < -0.39 is 11.9 Å². The lowest BCUT2D eigenvalue weighted by Gasteiger charge is -2.29. The number of rotatable bonds is 5. The third kappa shape index (κ3) is 3.01. The van der Waals surface area contributed by atoms with E-state index in [9.17, 15) is 14.7 Å². The second-order valence-corrected chi connectivity index (χ2v) is 4.71. The van der Waals surface area contributed by atoms with Crippen molar-refractivity contribution in [3.63, 3.8) is 0 Å². The van der Waals surface area contributed by atoms with Gasteiger partial charge in [-0.15, -0.1) is 0 Å². The zero-order valence-corrected chi connectivity index (χ0v) is 10.6. The number of aromatic nitrogens is 1. The molecule has 1 fully saturated rings. The van der Waals surface area contributed by atoms with Crippen molar-refractivity contribution in [2.24, 2.45) is 5.73 Å². The highest BCUT2D eigenvalue weighted by atomic mass is 16.4. The van der Waals surface area contributed by atoms with E-state index in [0.717, 1.165) is 25.7 Å². The average molecular weight is 263 g/mol. The van der Waals surface area contributed by atoms with Gasteiger partial charge in [-0.05, 0) is 25.0 Å². The van der Waals surface area contributed by atoms with Gasteiger partial charge in [-0.3, -0.25) is 4.79 Å². The lowest BCUT2D eigenvalue weighted by Crippen LogP contribution is -2.41. The number of carbonyl (C=O) groups is 2. The second kappa shape index (κ2) is 5.69. The predicted molar refractivity (Wildman–Crippen MR) is 70.0 cm³/mol. The van der Waals surface area contributed by atoms with Crippen molar-refractivity contribution >= 4 is 17.7 Å². The Balaban J connectivity index is 2.36. The van der Waals surface area contributed by atoms with E-state index in [4.69, 9.17) is 5.73 Å². The van der Waals surface area contributed by atoms with Gasteiger partial charge in [0.25, 0.3) is 0 Å². The Kier molecular flexibility index (Phi) is 3.99. The van der Waals surface area contributed by atoms with Crippen LogP contribution in [-0.2, 0) is 4.79 Å². The normalized spacial score (nSPS) is 15.4. The fraction of sp³-hybridized carbons (Fsp3) is 0.462. The Bertz CT molecular complexity index is 484. The molecule has 0 bridgehead atoms. The number of nitrogens with two attached hydrogens (primary N) is 1. The number of anilines is 1. The Morgan fingerprint density at radius 1 is 1.42 bits per heavy atom. The van der Waals surface area contributed by atoms with Crippen molar-refractivity contribution in [2.45, 2.75) is 31.7 Å². The van der Waals surface area contributed by atoms with E-state index in [2.05, 4.69) is 4.98 Å². The third-order valence-electron chi connectivity index (χ3n) is 3.38. The summed E-state index contributed by atoms with van der Waals surface area (Å²) in [6, 6.07) is 3.21. The molecule has 1 aliphatic carbocycles. The van der Waals surface area contributed by atoms with Crippen molar-refractivity contribution in [3.8, 4) is 0 Å². The summed E-state index contributed by atoms with van der Waals surface area (Å²) in [4.78, 5) is 28.3. The minimum Gasteiger partial charge on any atom is -0.478 e. The molecule has 1 aliphatic rings. The average Bonchev–Trinajstić information content (AvgIpc) is 2.89. The van der Waals surface area contributed by atoms with Gasteiger partial charge in [-0.1, -0.05) is 12.8 Å². The summed E-state index contributed by atoms with van der Waals surface area (Å²) in [5.74, 6) is -1.19. The molecule has 3 N–H and O–H groups in total. The highest BCUT2D eigenvalue weighted by Crippen LogP contribution is 2.28. The topological polar surface area (TPSA) is 96.5 Å². The van der Waals surface area contributed by atoms with Gasteiger partial charge in [0.15, 0.2) is 0 Å². The smallest absolute Gasteiger partial charge is 0.339 e. The molecule has 2 rings (SSSR count). The van der Waals surface area contributed by atoms with Crippen molar-refractivity contribution in [2.75, 3.05) is 11.4 Å². The molecular weight excluding hydrogens is 246 g/mol. The van der Waals surface area contributed by atoms with Gasteiger partial charge < -0.3 is 15.7 Å². The molecule has 1 amide bonds. The first-order valence-electron chi connectivity index (χ1n) is 6.33. The van der Waals surface area contributed by atoms with Crippen LogP contribution in [0.15, 0.2) is 18.3 Å². The van der Waals surface area contributed by atoms with Gasteiger partial charge >= 0.3 is 5.97 Å². The Hall–Kier alpha value is -2.11. The number of carboxylic acids is 1. The number of carbonyl (C=O) groups excluding carboxylic acids is 1. The van der Waals surface area contributed by atoms with E-state index >= 15 is 0 Å². The second-order valence-electron chi connectivity index (χ2n) is 4.71. The van der Waals surface area contributed by atoms with Gasteiger partial charge in [0.05, 0.1) is 6.54 Å². The summed E-state index contributed by atoms with van der Waals surface area (Å²) in [6.07, 6.45) is 5.56. The first-order chi connectivity index (χ1) is 9.09. The molecule has 0 unspecified atom stereocenters. The van der Waals surface area contributed by atoms with Gasteiger partial charge in [0.2, 0.25) is 5.91 Å². The van der Waals surface area contributed by atoms with Crippen LogP contribution in [0.3, 0.4) is 0 Å². The van der Waals surface area contributed by atoms with Crippen molar-refractivity contribution in [1.29, 1.82) is 0 Å². The van der Waals surface area contributed by atoms with Crippen LogP contribution in [0, 0.1) is 0 Å². The van der Waals surface area contributed by atoms with Crippen LogP contribution >= 0.6 is 0 Å². The first kappa shape index (κ1) is 13.3. The largest absolute Gasteiger partial charge is 0.478 e. The molecule has 6 nitrogen and oxygen atoms in total. The quantitative estimate of drug-likeness (QED) is 0.826. The molecule has 19 heavy (non-hydrogen) atoms. The molecule has 0 aliphatic heterocycles. The molecule has 1 aromatic heterocycles. The van der Waals surface area contributed by atoms with Crippen LogP contribution in [0.25, 0.3) is 0 Å². The molecule has 0 aromatic carbocycles. The molecule has 1 heterocycles. The van der Waals surface area contributed by atoms with Crippen molar-refractivity contribution in [3.05, 3.63) is 23.9 Å². The van der Waals surface area contributed by atoms with E-state index in [0.29, 0.717) is 5.82 Å². The van der Waals surface area contributed by atoms with E-state index in [1.165, 1.54) is 12.3 Å². The number of pyridine rings is 1. The molecule has 102 valence electrons. The summed E-state index contributed by atoms with van der Waals surface area (Å²) in [5.41, 5.74) is 5.38. The van der Waals surface area contributed by atoms with E-state index in [1.807, 2.05) is 0 Å². The van der Waals surface area contributed by atoms with Crippen LogP contribution < -0.4 is 10.6 Å². The van der Waals surface area contributed by atoms with Gasteiger partial charge in [0.1, 0.15) is 11.4 Å². The molecular formula is C13H17N3O3. The number of hydrogen-bond acceptors (Lipinski definition) is 4. The number of amides is 1. The molecule has 0 saturated heterocycles. The predicted octanol–water partition coefficient (Wildman–Crippen LogP) is 1.01. The molecule has 0 atom stereocenters. The summed E-state index contributed by atoms with van der Waals surface area (Å²) < 4.78 is 0. The molecule has 0 radical (unpaired) electrons. The van der Waals surface area contributed by atoms with Crippen LogP contribution in [0.4, 0.5) is 5.82 Å².